The minimum Gasteiger partial charge on any atom is -0.313 e. The molecular formula is C17H33NO. The summed E-state index contributed by atoms with van der Waals surface area (Å²) in [6, 6.07) is 0. The Balaban J connectivity index is -0.000000579. The lowest BCUT2D eigenvalue weighted by Crippen LogP contribution is -2.14. The van der Waals surface area contributed by atoms with E-state index in [0.717, 1.165) is 24.2 Å². The summed E-state index contributed by atoms with van der Waals surface area (Å²) in [5, 5.41) is 3.18. The van der Waals surface area contributed by atoms with Crippen LogP contribution in [0, 0.1) is 0 Å². The zero-order valence-corrected chi connectivity index (χ0v) is 14.0. The molecule has 2 nitrogen and oxygen atoms in total. The highest BCUT2D eigenvalue weighted by atomic mass is 16.1. The molecular weight excluding hydrogens is 234 g/mol. The van der Waals surface area contributed by atoms with E-state index >= 15 is 0 Å². The minimum atomic E-state index is 0.171. The Hall–Kier alpha value is -1.15. The van der Waals surface area contributed by atoms with Gasteiger partial charge in [-0.3, -0.25) is 4.79 Å². The molecule has 0 fully saturated rings. The fourth-order valence-electron chi connectivity index (χ4n) is 1.11. The molecule has 0 heterocycles. The highest BCUT2D eigenvalue weighted by Gasteiger charge is 2.01. The average Bonchev–Trinajstić information content (AvgIpc) is 2.49. The minimum absolute atomic E-state index is 0.171. The molecule has 0 bridgehead atoms. The molecule has 0 radical (unpaired) electrons. The topological polar surface area (TPSA) is 29.1 Å². The second-order valence-corrected chi connectivity index (χ2v) is 3.29. The molecule has 0 rings (SSSR count). The van der Waals surface area contributed by atoms with Crippen LogP contribution in [0.4, 0.5) is 0 Å². The zero-order valence-electron chi connectivity index (χ0n) is 14.0. The van der Waals surface area contributed by atoms with Gasteiger partial charge in [-0.05, 0) is 19.0 Å². The van der Waals surface area contributed by atoms with Gasteiger partial charge in [-0.1, -0.05) is 66.3 Å². The Morgan fingerprint density at radius 1 is 1.11 bits per heavy atom. The Morgan fingerprint density at radius 3 is 2.00 bits per heavy atom. The third kappa shape index (κ3) is 14.8. The number of allylic oxidation sites excluding steroid dienone is 3. The van der Waals surface area contributed by atoms with Crippen LogP contribution in [0.25, 0.3) is 0 Å². The smallest absolute Gasteiger partial charge is 0.162 e. The molecule has 0 aromatic carbocycles. The van der Waals surface area contributed by atoms with E-state index in [1.165, 1.54) is 0 Å². The number of ketones is 1. The van der Waals surface area contributed by atoms with E-state index < -0.39 is 0 Å². The van der Waals surface area contributed by atoms with Gasteiger partial charge >= 0.3 is 0 Å². The van der Waals surface area contributed by atoms with Crippen molar-refractivity contribution < 1.29 is 4.79 Å². The zero-order chi connectivity index (χ0) is 15.7. The summed E-state index contributed by atoms with van der Waals surface area (Å²) in [7, 11) is 0. The average molecular weight is 267 g/mol. The second-order valence-electron chi connectivity index (χ2n) is 3.29. The summed E-state index contributed by atoms with van der Waals surface area (Å²) in [4.78, 5) is 11.4. The van der Waals surface area contributed by atoms with Crippen LogP contribution in [0.5, 0.6) is 0 Å². The van der Waals surface area contributed by atoms with Crippen molar-refractivity contribution in [2.24, 2.45) is 0 Å². The third-order valence-electron chi connectivity index (χ3n) is 2.05. The van der Waals surface area contributed by atoms with Crippen molar-refractivity contribution in [3.05, 3.63) is 36.0 Å². The van der Waals surface area contributed by atoms with Gasteiger partial charge in [0.15, 0.2) is 5.78 Å². The van der Waals surface area contributed by atoms with E-state index in [0.29, 0.717) is 6.42 Å². The number of rotatable bonds is 7. The van der Waals surface area contributed by atoms with Crippen molar-refractivity contribution in [3.8, 4) is 0 Å². The van der Waals surface area contributed by atoms with Crippen LogP contribution in [0.2, 0.25) is 0 Å². The number of likely N-dealkylation sites (N-methyl/N-ethyl adjacent to an activating group) is 1. The molecule has 0 saturated carbocycles. The maximum absolute atomic E-state index is 11.4. The van der Waals surface area contributed by atoms with E-state index in [4.69, 9.17) is 0 Å². The molecule has 0 unspecified atom stereocenters. The van der Waals surface area contributed by atoms with Crippen LogP contribution in [-0.2, 0) is 4.79 Å². The van der Waals surface area contributed by atoms with Crippen molar-refractivity contribution in [1.29, 1.82) is 0 Å². The molecule has 0 aromatic rings. The maximum Gasteiger partial charge on any atom is 0.162 e. The van der Waals surface area contributed by atoms with Crippen molar-refractivity contribution in [3.63, 3.8) is 0 Å². The van der Waals surface area contributed by atoms with E-state index in [2.05, 4.69) is 18.8 Å². The van der Waals surface area contributed by atoms with Crippen LogP contribution in [-0.4, -0.2) is 18.9 Å². The number of carbonyl (C=O) groups excluding carboxylic acids is 1. The summed E-state index contributed by atoms with van der Waals surface area (Å²) in [6.07, 6.45) is 6.11. The number of hydrogen-bond donors (Lipinski definition) is 1. The van der Waals surface area contributed by atoms with E-state index in [9.17, 15) is 4.79 Å². The predicted molar refractivity (Wildman–Crippen MR) is 88.6 cm³/mol. The number of hydrogen-bond acceptors (Lipinski definition) is 2. The first-order chi connectivity index (χ1) is 9.15. The van der Waals surface area contributed by atoms with Crippen LogP contribution >= 0.6 is 0 Å². The first-order valence-corrected chi connectivity index (χ1v) is 7.41. The SMILES string of the molecule is C=C(/C=C\C(=C/C)C(=O)CC)CNCC.CC.CC. The van der Waals surface area contributed by atoms with E-state index in [1.54, 1.807) is 0 Å². The molecule has 0 aliphatic carbocycles. The summed E-state index contributed by atoms with van der Waals surface area (Å²) in [5.41, 5.74) is 1.75. The summed E-state index contributed by atoms with van der Waals surface area (Å²) in [6.45, 7) is 19.4. The van der Waals surface area contributed by atoms with Gasteiger partial charge in [0.05, 0.1) is 0 Å². The first-order valence-electron chi connectivity index (χ1n) is 7.41. The molecule has 0 aliphatic rings. The molecule has 112 valence electrons. The largest absolute Gasteiger partial charge is 0.313 e. The highest BCUT2D eigenvalue weighted by molar-refractivity contribution is 5.97. The maximum atomic E-state index is 11.4. The summed E-state index contributed by atoms with van der Waals surface area (Å²) >= 11 is 0. The first kappa shape index (κ1) is 23.0. The van der Waals surface area contributed by atoms with Crippen molar-refractivity contribution in [2.75, 3.05) is 13.1 Å². The van der Waals surface area contributed by atoms with Gasteiger partial charge in [0.25, 0.3) is 0 Å². The number of carbonyl (C=O) groups is 1. The van der Waals surface area contributed by atoms with Gasteiger partial charge < -0.3 is 5.32 Å². The summed E-state index contributed by atoms with van der Waals surface area (Å²) in [5.74, 6) is 0.171. The molecule has 0 aromatic heterocycles. The molecule has 2 heteroatoms. The van der Waals surface area contributed by atoms with E-state index in [1.807, 2.05) is 59.8 Å². The molecule has 0 saturated heterocycles. The van der Waals surface area contributed by atoms with Gasteiger partial charge in [0, 0.05) is 18.5 Å². The fraction of sp³-hybridized carbons (Fsp3) is 0.588. The van der Waals surface area contributed by atoms with Crippen molar-refractivity contribution >= 4 is 5.78 Å². The fourth-order valence-corrected chi connectivity index (χ4v) is 1.11. The molecule has 0 atom stereocenters. The van der Waals surface area contributed by atoms with Gasteiger partial charge in [-0.2, -0.15) is 0 Å². The molecule has 0 spiro atoms. The Kier molecular flexibility index (Phi) is 23.2. The standard InChI is InChI=1S/C13H21NO.2C2H6/c1-5-12(13(15)6-2)9-8-11(4)10-14-7-3;2*1-2/h5,8-9,14H,4,6-7,10H2,1-3H3;2*1-2H3/b9-8-,12-5+;;. The quantitative estimate of drug-likeness (QED) is 0.536. The predicted octanol–water partition coefficient (Wildman–Crippen LogP) is 4.69. The molecule has 1 N–H and O–H groups in total. The third-order valence-corrected chi connectivity index (χ3v) is 2.05. The normalized spacial score (nSPS) is 10.2. The van der Waals surface area contributed by atoms with Gasteiger partial charge in [-0.15, -0.1) is 0 Å². The molecule has 19 heavy (non-hydrogen) atoms. The monoisotopic (exact) mass is 267 g/mol. The Labute approximate surface area is 120 Å². The van der Waals surface area contributed by atoms with Crippen LogP contribution < -0.4 is 5.32 Å². The Bertz CT molecular complexity index is 275. The Morgan fingerprint density at radius 2 is 1.63 bits per heavy atom. The van der Waals surface area contributed by atoms with Gasteiger partial charge in [0.1, 0.15) is 0 Å². The van der Waals surface area contributed by atoms with E-state index in [-0.39, 0.29) is 5.78 Å². The summed E-state index contributed by atoms with van der Waals surface area (Å²) < 4.78 is 0. The number of Topliss-reactive ketones (excluding diaryl/α,β-unsaturated/α-hetero) is 1. The lowest BCUT2D eigenvalue weighted by atomic mass is 10.1. The van der Waals surface area contributed by atoms with Crippen LogP contribution in [0.1, 0.15) is 54.9 Å². The van der Waals surface area contributed by atoms with Crippen molar-refractivity contribution in [1.82, 2.24) is 5.32 Å². The van der Waals surface area contributed by atoms with Crippen LogP contribution in [0.15, 0.2) is 36.0 Å². The van der Waals surface area contributed by atoms with Gasteiger partial charge in [-0.25, -0.2) is 0 Å². The molecule has 0 aliphatic heterocycles. The van der Waals surface area contributed by atoms with Crippen LogP contribution in [0.3, 0.4) is 0 Å². The van der Waals surface area contributed by atoms with Crippen molar-refractivity contribution in [2.45, 2.75) is 54.9 Å². The number of nitrogens with one attached hydrogen (secondary N) is 1. The lowest BCUT2D eigenvalue weighted by Gasteiger charge is -2.01. The highest BCUT2D eigenvalue weighted by Crippen LogP contribution is 2.04. The lowest BCUT2D eigenvalue weighted by molar-refractivity contribution is -0.115. The van der Waals surface area contributed by atoms with Gasteiger partial charge in [0.2, 0.25) is 0 Å². The second kappa shape index (κ2) is 19.2. The molecule has 0 amide bonds.